The summed E-state index contributed by atoms with van der Waals surface area (Å²) >= 11 is 6.20. The van der Waals surface area contributed by atoms with E-state index in [-0.39, 0.29) is 12.5 Å². The first kappa shape index (κ1) is 30.7. The first-order valence-corrected chi connectivity index (χ1v) is 16.3. The Morgan fingerprint density at radius 2 is 1.65 bits per heavy atom. The van der Waals surface area contributed by atoms with Crippen LogP contribution in [0.25, 0.3) is 0 Å². The molecule has 1 aliphatic carbocycles. The van der Waals surface area contributed by atoms with E-state index in [0.29, 0.717) is 40.2 Å². The number of rotatable bonds is 8. The van der Waals surface area contributed by atoms with Crippen LogP contribution in [0.4, 0.5) is 10.1 Å². The van der Waals surface area contributed by atoms with Gasteiger partial charge in [0, 0.05) is 28.4 Å². The van der Waals surface area contributed by atoms with Gasteiger partial charge in [0.2, 0.25) is 21.8 Å². The number of anilines is 1. The van der Waals surface area contributed by atoms with Crippen molar-refractivity contribution in [3.05, 3.63) is 100 Å². The summed E-state index contributed by atoms with van der Waals surface area (Å²) < 4.78 is 40.6. The molecule has 1 saturated carbocycles. The van der Waals surface area contributed by atoms with Crippen molar-refractivity contribution in [2.75, 3.05) is 18.1 Å². The molecule has 1 heterocycles. The zero-order chi connectivity index (χ0) is 30.7. The number of amides is 3. The highest BCUT2D eigenvalue weighted by atomic mass is 35.5. The summed E-state index contributed by atoms with van der Waals surface area (Å²) in [6, 6.07) is 17.1. The lowest BCUT2D eigenvalue weighted by atomic mass is 9.76. The number of fused-ring (bicyclic) bond motifs is 1. The van der Waals surface area contributed by atoms with Gasteiger partial charge < -0.3 is 15.5 Å². The standard InChI is InChI=1S/C31H32ClFN4O5S/c1-43(41,42)36-25-8-4-5-9-26(25)37-29(19-10-12-20(32)13-11-19)28(23-6-2-3-7-24(23)31(37)40)30(39)34-18-27(38)35-22-16-14-21(33)15-17-22/h2-3,6-7,10-17,25-26,28-29,36H,4-5,8-9,18H2,1H3,(H,34,39)(H,35,38)/t25-,26-,28+,29-/m0/s1. The van der Waals surface area contributed by atoms with Crippen LogP contribution in [0.5, 0.6) is 0 Å². The smallest absolute Gasteiger partial charge is 0.255 e. The van der Waals surface area contributed by atoms with Gasteiger partial charge in [-0.05, 0) is 66.4 Å². The molecule has 3 aromatic carbocycles. The van der Waals surface area contributed by atoms with Crippen molar-refractivity contribution in [2.45, 2.75) is 49.7 Å². The van der Waals surface area contributed by atoms with Gasteiger partial charge in [-0.1, -0.05) is 54.8 Å². The second kappa shape index (κ2) is 12.8. The van der Waals surface area contributed by atoms with Crippen molar-refractivity contribution in [3.8, 4) is 0 Å². The van der Waals surface area contributed by atoms with Gasteiger partial charge in [0.25, 0.3) is 5.91 Å². The maximum absolute atomic E-state index is 14.2. The summed E-state index contributed by atoms with van der Waals surface area (Å²) in [5, 5.41) is 5.83. The van der Waals surface area contributed by atoms with Crippen LogP contribution in [0.1, 0.15) is 59.1 Å². The van der Waals surface area contributed by atoms with E-state index >= 15 is 0 Å². The maximum Gasteiger partial charge on any atom is 0.255 e. The van der Waals surface area contributed by atoms with Gasteiger partial charge in [0.15, 0.2) is 0 Å². The average Bonchev–Trinajstić information content (AvgIpc) is 2.97. The summed E-state index contributed by atoms with van der Waals surface area (Å²) in [5.74, 6) is -2.66. The first-order chi connectivity index (χ1) is 20.5. The van der Waals surface area contributed by atoms with E-state index in [1.54, 1.807) is 53.4 Å². The Balaban J connectivity index is 1.52. The van der Waals surface area contributed by atoms with Crippen LogP contribution in [0, 0.1) is 5.82 Å². The Labute approximate surface area is 254 Å². The van der Waals surface area contributed by atoms with Crippen LogP contribution in [-0.4, -0.2) is 55.9 Å². The minimum Gasteiger partial charge on any atom is -0.346 e. The van der Waals surface area contributed by atoms with Crippen molar-refractivity contribution >= 4 is 45.0 Å². The minimum absolute atomic E-state index is 0.305. The Morgan fingerprint density at radius 1 is 0.977 bits per heavy atom. The molecule has 0 bridgehead atoms. The summed E-state index contributed by atoms with van der Waals surface area (Å²) in [7, 11) is -3.59. The minimum atomic E-state index is -3.59. The molecule has 3 aromatic rings. The molecule has 2 aliphatic rings. The molecular weight excluding hydrogens is 595 g/mol. The molecule has 1 aliphatic heterocycles. The molecule has 9 nitrogen and oxygen atoms in total. The van der Waals surface area contributed by atoms with E-state index in [4.69, 9.17) is 11.6 Å². The van der Waals surface area contributed by atoms with Crippen molar-refractivity contribution in [1.82, 2.24) is 14.9 Å². The number of carbonyl (C=O) groups is 3. The van der Waals surface area contributed by atoms with E-state index in [0.717, 1.165) is 19.1 Å². The molecular formula is C31H32ClFN4O5S. The van der Waals surface area contributed by atoms with Gasteiger partial charge in [-0.15, -0.1) is 0 Å². The van der Waals surface area contributed by atoms with Gasteiger partial charge in [-0.25, -0.2) is 17.5 Å². The number of hydrogen-bond acceptors (Lipinski definition) is 5. The van der Waals surface area contributed by atoms with Gasteiger partial charge in [-0.2, -0.15) is 0 Å². The maximum atomic E-state index is 14.2. The fraction of sp³-hybridized carbons (Fsp3) is 0.323. The molecule has 3 amide bonds. The predicted octanol–water partition coefficient (Wildman–Crippen LogP) is 4.38. The van der Waals surface area contributed by atoms with Crippen LogP contribution in [0.3, 0.4) is 0 Å². The normalized spacial score (nSPS) is 22.0. The van der Waals surface area contributed by atoms with E-state index < -0.39 is 51.7 Å². The van der Waals surface area contributed by atoms with E-state index in [2.05, 4.69) is 15.4 Å². The van der Waals surface area contributed by atoms with Crippen LogP contribution in [0.2, 0.25) is 5.02 Å². The molecule has 0 saturated heterocycles. The second-order valence-electron chi connectivity index (χ2n) is 10.9. The molecule has 4 atom stereocenters. The summed E-state index contributed by atoms with van der Waals surface area (Å²) in [6.45, 7) is -0.363. The Hall–Kier alpha value is -3.80. The third-order valence-electron chi connectivity index (χ3n) is 7.87. The van der Waals surface area contributed by atoms with E-state index in [1.807, 2.05) is 0 Å². The largest absolute Gasteiger partial charge is 0.346 e. The van der Waals surface area contributed by atoms with Crippen molar-refractivity contribution in [2.24, 2.45) is 0 Å². The number of sulfonamides is 1. The predicted molar refractivity (Wildman–Crippen MR) is 162 cm³/mol. The topological polar surface area (TPSA) is 125 Å². The van der Waals surface area contributed by atoms with Crippen LogP contribution >= 0.6 is 11.6 Å². The molecule has 12 heteroatoms. The Morgan fingerprint density at radius 3 is 2.35 bits per heavy atom. The lowest BCUT2D eigenvalue weighted by Crippen LogP contribution is -2.59. The van der Waals surface area contributed by atoms with Crippen molar-refractivity contribution < 1.29 is 27.2 Å². The number of hydrogen-bond donors (Lipinski definition) is 3. The molecule has 3 N–H and O–H groups in total. The van der Waals surface area contributed by atoms with E-state index in [9.17, 15) is 27.2 Å². The summed E-state index contributed by atoms with van der Waals surface area (Å²) in [4.78, 5) is 42.6. The molecule has 226 valence electrons. The fourth-order valence-corrected chi connectivity index (χ4v) is 7.04. The van der Waals surface area contributed by atoms with Gasteiger partial charge in [-0.3, -0.25) is 14.4 Å². The summed E-state index contributed by atoms with van der Waals surface area (Å²) in [6.07, 6.45) is 3.75. The molecule has 43 heavy (non-hydrogen) atoms. The molecule has 0 spiro atoms. The first-order valence-electron chi connectivity index (χ1n) is 14.0. The highest BCUT2D eigenvalue weighted by Crippen LogP contribution is 2.46. The third-order valence-corrected chi connectivity index (χ3v) is 8.86. The quantitative estimate of drug-likeness (QED) is 0.342. The van der Waals surface area contributed by atoms with Gasteiger partial charge >= 0.3 is 0 Å². The second-order valence-corrected chi connectivity index (χ2v) is 13.1. The van der Waals surface area contributed by atoms with E-state index in [1.165, 1.54) is 24.3 Å². The number of carbonyl (C=O) groups excluding carboxylic acids is 3. The zero-order valence-corrected chi connectivity index (χ0v) is 25.0. The fourth-order valence-electron chi connectivity index (χ4n) is 6.09. The molecule has 1 fully saturated rings. The Kier molecular flexibility index (Phi) is 9.14. The SMILES string of the molecule is CS(=O)(=O)N[C@H]1CCCC[C@@H]1N1C(=O)c2ccccc2[C@@H](C(=O)NCC(=O)Nc2ccc(F)cc2)[C@@H]1c1ccc(Cl)cc1. The van der Waals surface area contributed by atoms with Crippen LogP contribution < -0.4 is 15.4 Å². The van der Waals surface area contributed by atoms with Crippen molar-refractivity contribution in [1.29, 1.82) is 0 Å². The van der Waals surface area contributed by atoms with Gasteiger partial charge in [0.05, 0.1) is 24.8 Å². The number of nitrogens with zero attached hydrogens (tertiary/aromatic N) is 1. The summed E-state index contributed by atoms with van der Waals surface area (Å²) in [5.41, 5.74) is 1.86. The number of nitrogens with one attached hydrogen (secondary N) is 3. The lowest BCUT2D eigenvalue weighted by molar-refractivity contribution is -0.127. The van der Waals surface area contributed by atoms with Crippen LogP contribution in [-0.2, 0) is 19.6 Å². The lowest BCUT2D eigenvalue weighted by Gasteiger charge is -2.49. The zero-order valence-electron chi connectivity index (χ0n) is 23.4. The number of benzene rings is 3. The molecule has 0 unspecified atom stereocenters. The van der Waals surface area contributed by atoms with Crippen LogP contribution in [0.15, 0.2) is 72.8 Å². The highest BCUT2D eigenvalue weighted by Gasteiger charge is 2.48. The third kappa shape index (κ3) is 7.06. The molecule has 5 rings (SSSR count). The van der Waals surface area contributed by atoms with Gasteiger partial charge in [0.1, 0.15) is 5.82 Å². The van der Waals surface area contributed by atoms with Crippen molar-refractivity contribution in [3.63, 3.8) is 0 Å². The number of halogens is 2. The highest BCUT2D eigenvalue weighted by molar-refractivity contribution is 7.88. The Bertz CT molecular complexity index is 1620. The average molecular weight is 627 g/mol. The monoisotopic (exact) mass is 626 g/mol. The molecule has 0 aromatic heterocycles. The molecule has 0 radical (unpaired) electrons.